The minimum absolute atomic E-state index is 0.314. The highest BCUT2D eigenvalue weighted by molar-refractivity contribution is 5.45. The van der Waals surface area contributed by atoms with Crippen molar-refractivity contribution in [2.45, 2.75) is 12.8 Å². The number of nitrogens with zero attached hydrogens (tertiary/aromatic N) is 2. The molecule has 0 bridgehead atoms. The number of aliphatic hydroxyl groups is 1. The molecule has 1 aliphatic heterocycles. The molecule has 4 heteroatoms. The van der Waals surface area contributed by atoms with Crippen molar-refractivity contribution in [1.29, 1.82) is 0 Å². The Bertz CT molecular complexity index is 318. The molecule has 1 saturated heterocycles. The average Bonchev–Trinajstić information content (AvgIpc) is 2.39. The minimum atomic E-state index is 0.314. The maximum Gasteiger partial charge on any atom is 0.213 e. The molecule has 1 aromatic heterocycles. The Kier molecular flexibility index (Phi) is 3.62. The molecule has 16 heavy (non-hydrogen) atoms. The lowest BCUT2D eigenvalue weighted by atomic mass is 9.98. The summed E-state index contributed by atoms with van der Waals surface area (Å²) in [6.07, 6.45) is 3.96. The average molecular weight is 222 g/mol. The van der Waals surface area contributed by atoms with Gasteiger partial charge in [-0.25, -0.2) is 4.98 Å². The summed E-state index contributed by atoms with van der Waals surface area (Å²) in [7, 11) is 1.62. The van der Waals surface area contributed by atoms with Crippen molar-refractivity contribution >= 4 is 5.69 Å². The van der Waals surface area contributed by atoms with Gasteiger partial charge in [0.15, 0.2) is 0 Å². The highest BCUT2D eigenvalue weighted by Gasteiger charge is 2.18. The quantitative estimate of drug-likeness (QED) is 0.837. The van der Waals surface area contributed by atoms with Gasteiger partial charge < -0.3 is 14.7 Å². The van der Waals surface area contributed by atoms with Gasteiger partial charge >= 0.3 is 0 Å². The van der Waals surface area contributed by atoms with Crippen LogP contribution in [-0.2, 0) is 0 Å². The molecular formula is C12H18N2O2. The fraction of sp³-hybridized carbons (Fsp3) is 0.583. The predicted octanol–water partition coefficient (Wildman–Crippen LogP) is 1.30. The molecule has 1 fully saturated rings. The molecule has 1 N–H and O–H groups in total. The van der Waals surface area contributed by atoms with Crippen molar-refractivity contribution < 1.29 is 9.84 Å². The lowest BCUT2D eigenvalue weighted by Crippen LogP contribution is -2.34. The molecule has 0 saturated carbocycles. The summed E-state index contributed by atoms with van der Waals surface area (Å²) in [6.45, 7) is 2.31. The Hall–Kier alpha value is -1.29. The van der Waals surface area contributed by atoms with Crippen molar-refractivity contribution in [2.75, 3.05) is 31.7 Å². The number of piperidine rings is 1. The molecule has 1 aromatic rings. The largest absolute Gasteiger partial charge is 0.481 e. The first-order valence-corrected chi connectivity index (χ1v) is 5.69. The van der Waals surface area contributed by atoms with Crippen molar-refractivity contribution in [3.05, 3.63) is 18.3 Å². The van der Waals surface area contributed by atoms with Crippen LogP contribution in [0.25, 0.3) is 0 Å². The van der Waals surface area contributed by atoms with Gasteiger partial charge in [0.1, 0.15) is 0 Å². The van der Waals surface area contributed by atoms with Gasteiger partial charge in [-0.05, 0) is 24.8 Å². The zero-order valence-corrected chi connectivity index (χ0v) is 9.59. The van der Waals surface area contributed by atoms with Gasteiger partial charge in [-0.1, -0.05) is 0 Å². The number of ether oxygens (including phenoxy) is 1. The summed E-state index contributed by atoms with van der Waals surface area (Å²) in [5.74, 6) is 1.12. The first-order valence-electron chi connectivity index (χ1n) is 5.69. The number of anilines is 1. The Balaban J connectivity index is 1.97. The van der Waals surface area contributed by atoms with Crippen LogP contribution in [0, 0.1) is 5.92 Å². The number of methoxy groups -OCH3 is 1. The third kappa shape index (κ3) is 2.44. The van der Waals surface area contributed by atoms with Gasteiger partial charge in [0.25, 0.3) is 0 Å². The zero-order chi connectivity index (χ0) is 11.4. The molecule has 0 unspecified atom stereocenters. The first kappa shape index (κ1) is 11.2. The number of hydrogen-bond donors (Lipinski definition) is 1. The van der Waals surface area contributed by atoms with E-state index in [4.69, 9.17) is 9.84 Å². The smallest absolute Gasteiger partial charge is 0.213 e. The van der Waals surface area contributed by atoms with E-state index in [-0.39, 0.29) is 0 Å². The minimum Gasteiger partial charge on any atom is -0.481 e. The van der Waals surface area contributed by atoms with Gasteiger partial charge in [-0.3, -0.25) is 0 Å². The molecule has 4 nitrogen and oxygen atoms in total. The number of aromatic nitrogens is 1. The number of aliphatic hydroxyl groups excluding tert-OH is 1. The van der Waals surface area contributed by atoms with Gasteiger partial charge in [0, 0.05) is 25.8 Å². The second-order valence-electron chi connectivity index (χ2n) is 4.17. The van der Waals surface area contributed by atoms with E-state index in [1.807, 2.05) is 18.3 Å². The summed E-state index contributed by atoms with van der Waals surface area (Å²) < 4.78 is 5.03. The first-order chi connectivity index (χ1) is 7.83. The van der Waals surface area contributed by atoms with Crippen LogP contribution in [0.2, 0.25) is 0 Å². The second-order valence-corrected chi connectivity index (χ2v) is 4.17. The van der Waals surface area contributed by atoms with Gasteiger partial charge in [-0.2, -0.15) is 0 Å². The molecule has 0 atom stereocenters. The van der Waals surface area contributed by atoms with E-state index in [2.05, 4.69) is 9.88 Å². The van der Waals surface area contributed by atoms with Crippen LogP contribution in [0.15, 0.2) is 18.3 Å². The normalized spacial score (nSPS) is 17.5. The molecule has 0 aromatic carbocycles. The Labute approximate surface area is 95.9 Å². The van der Waals surface area contributed by atoms with E-state index < -0.39 is 0 Å². The summed E-state index contributed by atoms with van der Waals surface area (Å²) in [5, 5.41) is 9.07. The maximum absolute atomic E-state index is 9.07. The lowest BCUT2D eigenvalue weighted by Gasteiger charge is -2.32. The molecule has 88 valence electrons. The summed E-state index contributed by atoms with van der Waals surface area (Å²) in [4.78, 5) is 6.50. The fourth-order valence-electron chi connectivity index (χ4n) is 2.05. The van der Waals surface area contributed by atoms with E-state index in [0.717, 1.165) is 31.6 Å². The van der Waals surface area contributed by atoms with Crippen LogP contribution in [-0.4, -0.2) is 36.9 Å². The molecular weight excluding hydrogens is 204 g/mol. The van der Waals surface area contributed by atoms with Crippen LogP contribution in [0.1, 0.15) is 12.8 Å². The summed E-state index contributed by atoms with van der Waals surface area (Å²) >= 11 is 0. The van der Waals surface area contributed by atoms with E-state index >= 15 is 0 Å². The number of hydrogen-bond acceptors (Lipinski definition) is 4. The van der Waals surface area contributed by atoms with Crippen molar-refractivity contribution in [2.24, 2.45) is 5.92 Å². The third-order valence-electron chi connectivity index (χ3n) is 3.17. The van der Waals surface area contributed by atoms with Crippen LogP contribution in [0.4, 0.5) is 5.69 Å². The van der Waals surface area contributed by atoms with Crippen molar-refractivity contribution in [1.82, 2.24) is 4.98 Å². The molecule has 0 aliphatic carbocycles. The summed E-state index contributed by atoms with van der Waals surface area (Å²) in [6, 6.07) is 3.92. The van der Waals surface area contributed by atoms with Crippen LogP contribution < -0.4 is 9.64 Å². The summed E-state index contributed by atoms with van der Waals surface area (Å²) in [5.41, 5.74) is 1.14. The highest BCUT2D eigenvalue weighted by Crippen LogP contribution is 2.23. The SMILES string of the molecule is COc1ccc(N2CCC(CO)CC2)cn1. The van der Waals surface area contributed by atoms with Crippen molar-refractivity contribution in [3.63, 3.8) is 0 Å². The maximum atomic E-state index is 9.07. The van der Waals surface area contributed by atoms with Crippen molar-refractivity contribution in [3.8, 4) is 5.88 Å². The van der Waals surface area contributed by atoms with E-state index in [0.29, 0.717) is 18.4 Å². The van der Waals surface area contributed by atoms with E-state index in [1.54, 1.807) is 7.11 Å². The number of pyridine rings is 1. The predicted molar refractivity (Wildman–Crippen MR) is 62.8 cm³/mol. The van der Waals surface area contributed by atoms with Crippen LogP contribution in [0.5, 0.6) is 5.88 Å². The third-order valence-corrected chi connectivity index (χ3v) is 3.17. The van der Waals surface area contributed by atoms with Gasteiger partial charge in [-0.15, -0.1) is 0 Å². The monoisotopic (exact) mass is 222 g/mol. The molecule has 1 aliphatic rings. The fourth-order valence-corrected chi connectivity index (χ4v) is 2.05. The molecule has 0 spiro atoms. The molecule has 2 heterocycles. The zero-order valence-electron chi connectivity index (χ0n) is 9.59. The molecule has 2 rings (SSSR count). The topological polar surface area (TPSA) is 45.6 Å². The van der Waals surface area contributed by atoms with Crippen LogP contribution >= 0.6 is 0 Å². The van der Waals surface area contributed by atoms with E-state index in [1.165, 1.54) is 0 Å². The number of rotatable bonds is 3. The second kappa shape index (κ2) is 5.16. The highest BCUT2D eigenvalue weighted by atomic mass is 16.5. The van der Waals surface area contributed by atoms with Gasteiger partial charge in [0.2, 0.25) is 5.88 Å². The Morgan fingerprint density at radius 2 is 2.19 bits per heavy atom. The Morgan fingerprint density at radius 1 is 1.44 bits per heavy atom. The lowest BCUT2D eigenvalue weighted by molar-refractivity contribution is 0.203. The standard InChI is InChI=1S/C12H18N2O2/c1-16-12-3-2-11(8-13-12)14-6-4-10(9-15)5-7-14/h2-3,8,10,15H,4-7,9H2,1H3. The molecule has 0 radical (unpaired) electrons. The van der Waals surface area contributed by atoms with E-state index in [9.17, 15) is 0 Å². The molecule has 0 amide bonds. The van der Waals surface area contributed by atoms with Crippen LogP contribution in [0.3, 0.4) is 0 Å². The van der Waals surface area contributed by atoms with Gasteiger partial charge in [0.05, 0.1) is 19.0 Å². The Morgan fingerprint density at radius 3 is 2.69 bits per heavy atom.